The minimum atomic E-state index is 0.560. The summed E-state index contributed by atoms with van der Waals surface area (Å²) >= 11 is 4.44. The van der Waals surface area contributed by atoms with Crippen molar-refractivity contribution in [1.29, 1.82) is 0 Å². The first kappa shape index (κ1) is 13.4. The average Bonchev–Trinajstić information content (AvgIpc) is 2.03. The van der Waals surface area contributed by atoms with Crippen molar-refractivity contribution in [2.45, 2.75) is 59.1 Å². The molecule has 0 saturated heterocycles. The lowest BCUT2D eigenvalue weighted by molar-refractivity contribution is 0.243. The second-order valence-electron chi connectivity index (χ2n) is 4.72. The SMILES string of the molecule is CCC(C)C(CCC(C)S)C(C)C. The van der Waals surface area contributed by atoms with Gasteiger partial charge >= 0.3 is 0 Å². The fourth-order valence-corrected chi connectivity index (χ4v) is 2.16. The smallest absolute Gasteiger partial charge is 0.00115 e. The average molecular weight is 202 g/mol. The van der Waals surface area contributed by atoms with Crippen LogP contribution in [0.2, 0.25) is 0 Å². The van der Waals surface area contributed by atoms with Crippen molar-refractivity contribution in [1.82, 2.24) is 0 Å². The molecule has 0 fully saturated rings. The molecule has 0 rings (SSSR count). The standard InChI is InChI=1S/C12H26S/c1-6-10(4)12(9(2)3)8-7-11(5)13/h9-13H,6-8H2,1-5H3. The lowest BCUT2D eigenvalue weighted by Gasteiger charge is -2.27. The third-order valence-electron chi connectivity index (χ3n) is 3.15. The molecule has 80 valence electrons. The number of hydrogen-bond donors (Lipinski definition) is 1. The Morgan fingerprint density at radius 1 is 1.00 bits per heavy atom. The Hall–Kier alpha value is 0.350. The molecule has 0 aromatic carbocycles. The predicted molar refractivity (Wildman–Crippen MR) is 65.5 cm³/mol. The summed E-state index contributed by atoms with van der Waals surface area (Å²) < 4.78 is 0. The zero-order valence-electron chi connectivity index (χ0n) is 9.88. The summed E-state index contributed by atoms with van der Waals surface area (Å²) in [7, 11) is 0. The molecule has 0 bridgehead atoms. The maximum Gasteiger partial charge on any atom is -0.00115 e. The van der Waals surface area contributed by atoms with E-state index in [4.69, 9.17) is 0 Å². The van der Waals surface area contributed by atoms with Gasteiger partial charge in [0.15, 0.2) is 0 Å². The van der Waals surface area contributed by atoms with Gasteiger partial charge in [-0.2, -0.15) is 12.6 Å². The van der Waals surface area contributed by atoms with E-state index in [0.29, 0.717) is 5.25 Å². The van der Waals surface area contributed by atoms with Gasteiger partial charge in [-0.15, -0.1) is 0 Å². The highest BCUT2D eigenvalue weighted by atomic mass is 32.1. The molecule has 3 unspecified atom stereocenters. The van der Waals surface area contributed by atoms with Crippen LogP contribution in [-0.2, 0) is 0 Å². The summed E-state index contributed by atoms with van der Waals surface area (Å²) in [5.74, 6) is 2.58. The van der Waals surface area contributed by atoms with Crippen molar-refractivity contribution in [3.63, 3.8) is 0 Å². The van der Waals surface area contributed by atoms with Crippen LogP contribution in [-0.4, -0.2) is 5.25 Å². The lowest BCUT2D eigenvalue weighted by Crippen LogP contribution is -2.18. The Morgan fingerprint density at radius 2 is 1.54 bits per heavy atom. The first-order valence-corrected chi connectivity index (χ1v) is 6.18. The van der Waals surface area contributed by atoms with Gasteiger partial charge in [0, 0.05) is 0 Å². The maximum atomic E-state index is 4.44. The molecule has 0 heterocycles. The lowest BCUT2D eigenvalue weighted by atomic mass is 9.80. The van der Waals surface area contributed by atoms with Crippen LogP contribution >= 0.6 is 12.6 Å². The van der Waals surface area contributed by atoms with Crippen LogP contribution in [0.1, 0.15) is 53.9 Å². The monoisotopic (exact) mass is 202 g/mol. The van der Waals surface area contributed by atoms with Crippen LogP contribution in [0.5, 0.6) is 0 Å². The van der Waals surface area contributed by atoms with Gasteiger partial charge in [0.2, 0.25) is 0 Å². The molecule has 0 nitrogen and oxygen atoms in total. The normalized spacial score (nSPS) is 18.7. The highest BCUT2D eigenvalue weighted by Crippen LogP contribution is 2.28. The molecule has 0 aromatic heterocycles. The summed E-state index contributed by atoms with van der Waals surface area (Å²) in [5.41, 5.74) is 0. The highest BCUT2D eigenvalue weighted by Gasteiger charge is 2.19. The third kappa shape index (κ3) is 5.61. The fourth-order valence-electron chi connectivity index (χ4n) is 2.01. The summed E-state index contributed by atoms with van der Waals surface area (Å²) in [5, 5.41) is 0.560. The second kappa shape index (κ2) is 6.75. The van der Waals surface area contributed by atoms with Crippen LogP contribution in [0.4, 0.5) is 0 Å². The van der Waals surface area contributed by atoms with Crippen molar-refractivity contribution < 1.29 is 0 Å². The van der Waals surface area contributed by atoms with Gasteiger partial charge in [-0.1, -0.05) is 41.0 Å². The van der Waals surface area contributed by atoms with E-state index in [-0.39, 0.29) is 0 Å². The molecular weight excluding hydrogens is 176 g/mol. The topological polar surface area (TPSA) is 0 Å². The zero-order chi connectivity index (χ0) is 10.4. The van der Waals surface area contributed by atoms with Crippen molar-refractivity contribution in [2.24, 2.45) is 17.8 Å². The van der Waals surface area contributed by atoms with Crippen LogP contribution in [0, 0.1) is 17.8 Å². The summed E-state index contributed by atoms with van der Waals surface area (Å²) in [4.78, 5) is 0. The van der Waals surface area contributed by atoms with Gasteiger partial charge in [0.1, 0.15) is 0 Å². The number of thiol groups is 1. The van der Waals surface area contributed by atoms with Crippen molar-refractivity contribution >= 4 is 12.6 Å². The predicted octanol–water partition coefficient (Wildman–Crippen LogP) is 4.40. The van der Waals surface area contributed by atoms with Gasteiger partial charge in [-0.3, -0.25) is 0 Å². The van der Waals surface area contributed by atoms with Crippen LogP contribution in [0.3, 0.4) is 0 Å². The molecule has 0 N–H and O–H groups in total. The van der Waals surface area contributed by atoms with Gasteiger partial charge in [-0.25, -0.2) is 0 Å². The number of rotatable bonds is 6. The van der Waals surface area contributed by atoms with E-state index in [2.05, 4.69) is 47.2 Å². The summed E-state index contributed by atoms with van der Waals surface area (Å²) in [6.07, 6.45) is 3.91. The minimum Gasteiger partial charge on any atom is -0.176 e. The Balaban J connectivity index is 3.95. The Kier molecular flexibility index (Phi) is 6.93. The molecule has 0 amide bonds. The van der Waals surface area contributed by atoms with Gasteiger partial charge in [-0.05, 0) is 35.8 Å². The van der Waals surface area contributed by atoms with Crippen molar-refractivity contribution in [2.75, 3.05) is 0 Å². The van der Waals surface area contributed by atoms with E-state index in [9.17, 15) is 0 Å². The van der Waals surface area contributed by atoms with Gasteiger partial charge in [0.05, 0.1) is 0 Å². The summed E-state index contributed by atoms with van der Waals surface area (Å²) in [6, 6.07) is 0. The van der Waals surface area contributed by atoms with Crippen LogP contribution in [0.25, 0.3) is 0 Å². The van der Waals surface area contributed by atoms with Crippen molar-refractivity contribution in [3.8, 4) is 0 Å². The number of hydrogen-bond acceptors (Lipinski definition) is 1. The quantitative estimate of drug-likeness (QED) is 0.606. The first-order valence-electron chi connectivity index (χ1n) is 5.67. The van der Waals surface area contributed by atoms with Crippen molar-refractivity contribution in [3.05, 3.63) is 0 Å². The fraction of sp³-hybridized carbons (Fsp3) is 1.00. The molecule has 1 heteroatoms. The Labute approximate surface area is 89.9 Å². The second-order valence-corrected chi connectivity index (χ2v) is 5.60. The van der Waals surface area contributed by atoms with E-state index in [1.807, 2.05) is 0 Å². The maximum absolute atomic E-state index is 4.44. The van der Waals surface area contributed by atoms with E-state index in [1.165, 1.54) is 19.3 Å². The zero-order valence-corrected chi connectivity index (χ0v) is 10.8. The molecule has 0 aliphatic heterocycles. The summed E-state index contributed by atoms with van der Waals surface area (Å²) in [6.45, 7) is 11.6. The molecule has 13 heavy (non-hydrogen) atoms. The Morgan fingerprint density at radius 3 is 1.85 bits per heavy atom. The third-order valence-corrected chi connectivity index (χ3v) is 3.41. The van der Waals surface area contributed by atoms with E-state index >= 15 is 0 Å². The highest BCUT2D eigenvalue weighted by molar-refractivity contribution is 7.80. The Bertz CT molecular complexity index is 118. The molecule has 3 atom stereocenters. The molecular formula is C12H26S. The minimum absolute atomic E-state index is 0.560. The van der Waals surface area contributed by atoms with E-state index < -0.39 is 0 Å². The van der Waals surface area contributed by atoms with Crippen LogP contribution < -0.4 is 0 Å². The molecule has 0 spiro atoms. The van der Waals surface area contributed by atoms with Gasteiger partial charge in [0.25, 0.3) is 0 Å². The molecule has 0 aliphatic rings. The van der Waals surface area contributed by atoms with Gasteiger partial charge < -0.3 is 0 Å². The van der Waals surface area contributed by atoms with E-state index in [0.717, 1.165) is 17.8 Å². The molecule has 0 radical (unpaired) electrons. The molecule has 0 aromatic rings. The van der Waals surface area contributed by atoms with Crippen LogP contribution in [0.15, 0.2) is 0 Å². The first-order chi connectivity index (χ1) is 5.99. The largest absolute Gasteiger partial charge is 0.176 e. The molecule has 0 saturated carbocycles. The molecule has 0 aliphatic carbocycles. The van der Waals surface area contributed by atoms with E-state index in [1.54, 1.807) is 0 Å².